The van der Waals surface area contributed by atoms with Gasteiger partial charge in [-0.1, -0.05) is 13.8 Å². The number of piperazine rings is 1. The molecule has 2 aliphatic heterocycles. The molecule has 0 radical (unpaired) electrons. The van der Waals surface area contributed by atoms with Crippen molar-refractivity contribution in [3.8, 4) is 0 Å². The molecule has 4 rings (SSSR count). The Labute approximate surface area is 183 Å². The molecule has 4 heterocycles. The van der Waals surface area contributed by atoms with Gasteiger partial charge in [0.05, 0.1) is 6.26 Å². The van der Waals surface area contributed by atoms with Gasteiger partial charge in [0.1, 0.15) is 17.7 Å². The van der Waals surface area contributed by atoms with E-state index < -0.39 is 6.04 Å². The molecule has 0 bridgehead atoms. The van der Waals surface area contributed by atoms with Gasteiger partial charge in [-0.3, -0.25) is 9.59 Å². The van der Waals surface area contributed by atoms with E-state index in [2.05, 4.69) is 23.7 Å². The lowest BCUT2D eigenvalue weighted by molar-refractivity contribution is -0.137. The first-order valence-electron chi connectivity index (χ1n) is 11.2. The minimum Gasteiger partial charge on any atom is -0.459 e. The van der Waals surface area contributed by atoms with Crippen LogP contribution < -0.4 is 4.90 Å². The van der Waals surface area contributed by atoms with E-state index in [1.54, 1.807) is 17.0 Å². The molecule has 0 N–H and O–H groups in total. The molecule has 2 saturated heterocycles. The normalized spacial score (nSPS) is 19.7. The molecule has 0 aliphatic carbocycles. The smallest absolute Gasteiger partial charge is 0.290 e. The zero-order valence-electron chi connectivity index (χ0n) is 18.6. The van der Waals surface area contributed by atoms with Gasteiger partial charge in [0.25, 0.3) is 5.91 Å². The zero-order chi connectivity index (χ0) is 22.0. The van der Waals surface area contributed by atoms with E-state index in [1.165, 1.54) is 6.26 Å². The van der Waals surface area contributed by atoms with Crippen molar-refractivity contribution in [2.24, 2.45) is 0 Å². The molecule has 0 spiro atoms. The summed E-state index contributed by atoms with van der Waals surface area (Å²) in [6.07, 6.45) is 4.06. The summed E-state index contributed by atoms with van der Waals surface area (Å²) in [7, 11) is 0. The minimum absolute atomic E-state index is 0.0426. The number of carbonyl (C=O) groups excluding carboxylic acids is 2. The fourth-order valence-electron chi connectivity index (χ4n) is 4.33. The van der Waals surface area contributed by atoms with Crippen LogP contribution in [0.15, 0.2) is 28.9 Å². The maximum Gasteiger partial charge on any atom is 0.290 e. The molecule has 8 heteroatoms. The quantitative estimate of drug-likeness (QED) is 0.749. The van der Waals surface area contributed by atoms with Crippen LogP contribution in [0.2, 0.25) is 0 Å². The Morgan fingerprint density at radius 2 is 1.87 bits per heavy atom. The first-order valence-corrected chi connectivity index (χ1v) is 11.2. The van der Waals surface area contributed by atoms with E-state index in [4.69, 9.17) is 9.40 Å². The van der Waals surface area contributed by atoms with E-state index in [9.17, 15) is 9.59 Å². The van der Waals surface area contributed by atoms with Crippen molar-refractivity contribution in [1.82, 2.24) is 19.8 Å². The van der Waals surface area contributed by atoms with Crippen LogP contribution in [0.1, 0.15) is 61.1 Å². The van der Waals surface area contributed by atoms with Gasteiger partial charge in [-0.25, -0.2) is 9.97 Å². The number of hydrogen-bond acceptors (Lipinski definition) is 6. The molecule has 166 valence electrons. The lowest BCUT2D eigenvalue weighted by Gasteiger charge is -2.41. The largest absolute Gasteiger partial charge is 0.459 e. The third-order valence-electron chi connectivity index (χ3n) is 6.07. The van der Waals surface area contributed by atoms with Crippen molar-refractivity contribution >= 4 is 17.6 Å². The lowest BCUT2D eigenvalue weighted by atomic mass is 10.00. The van der Waals surface area contributed by atoms with Crippen LogP contribution in [0, 0.1) is 6.92 Å². The van der Waals surface area contributed by atoms with Crippen molar-refractivity contribution in [3.05, 3.63) is 41.7 Å². The fourth-order valence-corrected chi connectivity index (χ4v) is 4.33. The molecule has 2 amide bonds. The summed E-state index contributed by atoms with van der Waals surface area (Å²) in [5.74, 6) is 2.19. The molecule has 1 atom stereocenters. The van der Waals surface area contributed by atoms with Gasteiger partial charge in [0, 0.05) is 50.4 Å². The van der Waals surface area contributed by atoms with Crippen molar-refractivity contribution in [2.75, 3.05) is 37.6 Å². The maximum absolute atomic E-state index is 13.3. The number of amides is 2. The Bertz CT molecular complexity index is 919. The highest BCUT2D eigenvalue weighted by Gasteiger charge is 2.37. The molecule has 0 aromatic carbocycles. The first-order chi connectivity index (χ1) is 14.9. The highest BCUT2D eigenvalue weighted by atomic mass is 16.3. The van der Waals surface area contributed by atoms with Crippen molar-refractivity contribution in [3.63, 3.8) is 0 Å². The summed E-state index contributed by atoms with van der Waals surface area (Å²) < 4.78 is 5.29. The number of likely N-dealkylation sites (tertiary alicyclic amines) is 1. The number of aromatic nitrogens is 2. The Morgan fingerprint density at radius 3 is 2.55 bits per heavy atom. The van der Waals surface area contributed by atoms with Gasteiger partial charge in [0.15, 0.2) is 5.76 Å². The van der Waals surface area contributed by atoms with E-state index >= 15 is 0 Å². The van der Waals surface area contributed by atoms with Crippen molar-refractivity contribution in [1.29, 1.82) is 0 Å². The second-order valence-electron chi connectivity index (χ2n) is 8.68. The van der Waals surface area contributed by atoms with Crippen LogP contribution in [0.4, 0.5) is 5.82 Å². The standard InChI is InChI=1S/C23H31N5O3/c1-16(2)21-24-17(3)15-20(25-21)26-10-12-27(13-11-26)22(29)18-7-4-5-9-28(18)23(30)19-8-6-14-31-19/h6,8,14-16,18H,4-5,7,9-13H2,1-3H3. The van der Waals surface area contributed by atoms with Crippen LogP contribution >= 0.6 is 0 Å². The summed E-state index contributed by atoms with van der Waals surface area (Å²) in [4.78, 5) is 41.3. The van der Waals surface area contributed by atoms with Crippen molar-refractivity contribution in [2.45, 2.75) is 52.0 Å². The Morgan fingerprint density at radius 1 is 1.10 bits per heavy atom. The minimum atomic E-state index is -0.410. The molecule has 31 heavy (non-hydrogen) atoms. The van der Waals surface area contributed by atoms with Gasteiger partial charge in [-0.15, -0.1) is 0 Å². The van der Waals surface area contributed by atoms with Crippen LogP contribution in [-0.4, -0.2) is 70.3 Å². The van der Waals surface area contributed by atoms with Crippen LogP contribution in [0.25, 0.3) is 0 Å². The predicted molar refractivity (Wildman–Crippen MR) is 117 cm³/mol. The number of nitrogens with zero attached hydrogens (tertiary/aromatic N) is 5. The van der Waals surface area contributed by atoms with Crippen LogP contribution in [-0.2, 0) is 4.79 Å². The maximum atomic E-state index is 13.3. The Balaban J connectivity index is 1.42. The SMILES string of the molecule is Cc1cc(N2CCN(C(=O)C3CCCCN3C(=O)c3ccco3)CC2)nc(C(C)C)n1. The number of carbonyl (C=O) groups is 2. The van der Waals surface area contributed by atoms with Crippen LogP contribution in [0.5, 0.6) is 0 Å². The zero-order valence-corrected chi connectivity index (χ0v) is 18.6. The second kappa shape index (κ2) is 9.08. The number of anilines is 1. The summed E-state index contributed by atoms with van der Waals surface area (Å²) >= 11 is 0. The van der Waals surface area contributed by atoms with E-state index in [0.29, 0.717) is 31.8 Å². The van der Waals surface area contributed by atoms with Gasteiger partial charge in [0.2, 0.25) is 5.91 Å². The molecule has 2 fully saturated rings. The molecule has 2 aliphatic rings. The highest BCUT2D eigenvalue weighted by molar-refractivity contribution is 5.95. The number of piperidine rings is 1. The topological polar surface area (TPSA) is 82.8 Å². The predicted octanol–water partition coefficient (Wildman–Crippen LogP) is 2.84. The monoisotopic (exact) mass is 425 g/mol. The number of hydrogen-bond donors (Lipinski definition) is 0. The molecular weight excluding hydrogens is 394 g/mol. The van der Waals surface area contributed by atoms with Crippen LogP contribution in [0.3, 0.4) is 0 Å². The molecule has 1 unspecified atom stereocenters. The average Bonchev–Trinajstić information content (AvgIpc) is 3.33. The van der Waals surface area contributed by atoms with Gasteiger partial charge in [-0.2, -0.15) is 0 Å². The fraction of sp³-hybridized carbons (Fsp3) is 0.565. The Kier molecular flexibility index (Phi) is 6.25. The summed E-state index contributed by atoms with van der Waals surface area (Å²) in [5, 5.41) is 0. The summed E-state index contributed by atoms with van der Waals surface area (Å²) in [6.45, 7) is 9.45. The summed E-state index contributed by atoms with van der Waals surface area (Å²) in [5.41, 5.74) is 0.960. The molecule has 8 nitrogen and oxygen atoms in total. The number of aryl methyl sites for hydroxylation is 1. The lowest BCUT2D eigenvalue weighted by Crippen LogP contribution is -2.57. The average molecular weight is 426 g/mol. The molecule has 2 aromatic rings. The third kappa shape index (κ3) is 4.57. The highest BCUT2D eigenvalue weighted by Crippen LogP contribution is 2.24. The number of furan rings is 1. The van der Waals surface area contributed by atoms with Gasteiger partial charge >= 0.3 is 0 Å². The van der Waals surface area contributed by atoms with E-state index in [1.807, 2.05) is 17.9 Å². The van der Waals surface area contributed by atoms with Gasteiger partial charge in [-0.05, 0) is 38.3 Å². The molecule has 2 aromatic heterocycles. The number of rotatable bonds is 4. The van der Waals surface area contributed by atoms with E-state index in [-0.39, 0.29) is 17.7 Å². The van der Waals surface area contributed by atoms with Gasteiger partial charge < -0.3 is 19.1 Å². The second-order valence-corrected chi connectivity index (χ2v) is 8.68. The van der Waals surface area contributed by atoms with Crippen molar-refractivity contribution < 1.29 is 14.0 Å². The Hall–Kier alpha value is -2.90. The third-order valence-corrected chi connectivity index (χ3v) is 6.07. The van der Waals surface area contributed by atoms with E-state index in [0.717, 1.165) is 43.3 Å². The molecular formula is C23H31N5O3. The first kappa shape index (κ1) is 21.3. The molecule has 0 saturated carbocycles. The summed E-state index contributed by atoms with van der Waals surface area (Å²) in [6, 6.07) is 4.96.